The molecule has 2 aliphatic rings. The van der Waals surface area contributed by atoms with Crippen LogP contribution in [-0.2, 0) is 10.0 Å². The second kappa shape index (κ2) is 6.51. The van der Waals surface area contributed by atoms with E-state index in [0.717, 1.165) is 40.5 Å². The monoisotopic (exact) mass is 433 g/mol. The number of aromatic nitrogens is 3. The highest BCUT2D eigenvalue weighted by atomic mass is 32.2. The van der Waals surface area contributed by atoms with Gasteiger partial charge in [0.05, 0.1) is 16.3 Å². The molecule has 0 amide bonds. The predicted molar refractivity (Wildman–Crippen MR) is 120 cm³/mol. The van der Waals surface area contributed by atoms with Gasteiger partial charge in [0.1, 0.15) is 17.8 Å². The van der Waals surface area contributed by atoms with Gasteiger partial charge in [0.2, 0.25) is 10.0 Å². The van der Waals surface area contributed by atoms with Crippen LogP contribution in [0.4, 0.5) is 5.82 Å². The van der Waals surface area contributed by atoms with Crippen LogP contribution in [0.25, 0.3) is 21.8 Å². The number of nitrogens with zero attached hydrogens (tertiary/aromatic N) is 4. The van der Waals surface area contributed by atoms with E-state index < -0.39 is 10.0 Å². The standard InChI is InChI=1S/C23H23N5O2S/c1-27(22-19-8-11-24-21(19)25-15-26-22)20-13-28(14-23(20)9-10-23)31(29,30)18-7-6-16-4-2-3-5-17(16)12-18/h2-8,11-12,15,20H,9-10,13-14H2,1H3,(H,24,25,26). The second-order valence-electron chi connectivity index (χ2n) is 8.73. The van der Waals surface area contributed by atoms with Crippen molar-refractivity contribution >= 4 is 37.6 Å². The Bertz CT molecular complexity index is 1410. The molecule has 1 unspecified atom stereocenters. The van der Waals surface area contributed by atoms with Crippen LogP contribution in [0, 0.1) is 5.41 Å². The first-order chi connectivity index (χ1) is 15.0. The molecular weight excluding hydrogens is 410 g/mol. The third-order valence-corrected chi connectivity index (χ3v) is 8.77. The first-order valence-corrected chi connectivity index (χ1v) is 11.9. The summed E-state index contributed by atoms with van der Waals surface area (Å²) in [5, 5.41) is 2.93. The van der Waals surface area contributed by atoms with E-state index in [9.17, 15) is 8.42 Å². The topological polar surface area (TPSA) is 82.2 Å². The SMILES string of the molecule is CN(c1ncnc2[nH]ccc12)C1CN(S(=O)(=O)c2ccc3ccccc3c2)CC12CC2. The molecule has 4 aromatic rings. The maximum absolute atomic E-state index is 13.5. The normalized spacial score (nSPS) is 20.6. The fourth-order valence-corrected chi connectivity index (χ4v) is 6.62. The van der Waals surface area contributed by atoms with Crippen LogP contribution in [0.5, 0.6) is 0 Å². The first-order valence-electron chi connectivity index (χ1n) is 10.5. The largest absolute Gasteiger partial charge is 0.354 e. The summed E-state index contributed by atoms with van der Waals surface area (Å²) in [4.78, 5) is 14.4. The lowest BCUT2D eigenvalue weighted by Crippen LogP contribution is -2.40. The number of likely N-dealkylation sites (N-methyl/N-ethyl adjacent to an activating group) is 1. The molecule has 0 radical (unpaired) electrons. The first kappa shape index (κ1) is 18.8. The Morgan fingerprint density at radius 3 is 2.71 bits per heavy atom. The Morgan fingerprint density at radius 2 is 1.90 bits per heavy atom. The summed E-state index contributed by atoms with van der Waals surface area (Å²) >= 11 is 0. The van der Waals surface area contributed by atoms with Crippen molar-refractivity contribution in [1.82, 2.24) is 19.3 Å². The summed E-state index contributed by atoms with van der Waals surface area (Å²) in [6, 6.07) is 15.3. The number of anilines is 1. The lowest BCUT2D eigenvalue weighted by molar-refractivity contribution is 0.446. The van der Waals surface area contributed by atoms with Crippen molar-refractivity contribution in [3.8, 4) is 0 Å². The molecule has 2 aromatic heterocycles. The maximum Gasteiger partial charge on any atom is 0.243 e. The van der Waals surface area contributed by atoms with Gasteiger partial charge in [0.15, 0.2) is 0 Å². The summed E-state index contributed by atoms with van der Waals surface area (Å²) in [6.07, 6.45) is 5.48. The van der Waals surface area contributed by atoms with Crippen LogP contribution in [0.1, 0.15) is 12.8 Å². The second-order valence-corrected chi connectivity index (χ2v) is 10.7. The Hall–Kier alpha value is -2.97. The number of benzene rings is 2. The van der Waals surface area contributed by atoms with Crippen LogP contribution < -0.4 is 4.90 Å². The molecule has 1 aliphatic heterocycles. The van der Waals surface area contributed by atoms with Crippen molar-refractivity contribution < 1.29 is 8.42 Å². The number of nitrogens with one attached hydrogen (secondary N) is 1. The fraction of sp³-hybridized carbons (Fsp3) is 0.304. The average Bonchev–Trinajstić information content (AvgIpc) is 3.21. The minimum atomic E-state index is -3.57. The Balaban J connectivity index is 1.34. The van der Waals surface area contributed by atoms with E-state index in [0.29, 0.717) is 18.0 Å². The summed E-state index contributed by atoms with van der Waals surface area (Å²) in [7, 11) is -1.55. The van der Waals surface area contributed by atoms with Crippen LogP contribution in [-0.4, -0.2) is 53.9 Å². The van der Waals surface area contributed by atoms with Crippen molar-refractivity contribution in [3.63, 3.8) is 0 Å². The fourth-order valence-electron chi connectivity index (χ4n) is 5.04. The van der Waals surface area contributed by atoms with Gasteiger partial charge in [-0.05, 0) is 41.8 Å². The predicted octanol–water partition coefficient (Wildman–Crippen LogP) is 3.40. The third-order valence-electron chi connectivity index (χ3n) is 6.96. The van der Waals surface area contributed by atoms with Crippen molar-refractivity contribution in [2.45, 2.75) is 23.8 Å². The molecule has 6 rings (SSSR count). The van der Waals surface area contributed by atoms with E-state index in [-0.39, 0.29) is 11.5 Å². The number of H-pyrrole nitrogens is 1. The van der Waals surface area contributed by atoms with Gasteiger partial charge in [-0.25, -0.2) is 18.4 Å². The molecular formula is C23H23N5O2S. The smallest absolute Gasteiger partial charge is 0.243 e. The van der Waals surface area contributed by atoms with Crippen LogP contribution in [0.15, 0.2) is 66.0 Å². The molecule has 2 aromatic carbocycles. The van der Waals surface area contributed by atoms with Gasteiger partial charge >= 0.3 is 0 Å². The number of hydrogen-bond donors (Lipinski definition) is 1. The van der Waals surface area contributed by atoms with Crippen molar-refractivity contribution in [1.29, 1.82) is 0 Å². The third kappa shape index (κ3) is 2.85. The number of rotatable bonds is 4. The Kier molecular flexibility index (Phi) is 3.94. The minimum Gasteiger partial charge on any atom is -0.354 e. The van der Waals surface area contributed by atoms with Crippen LogP contribution in [0.2, 0.25) is 0 Å². The number of hydrogen-bond acceptors (Lipinski definition) is 5. The molecule has 8 heteroatoms. The molecule has 0 bridgehead atoms. The number of sulfonamides is 1. The Labute approximate surface area is 180 Å². The maximum atomic E-state index is 13.5. The molecule has 7 nitrogen and oxygen atoms in total. The molecule has 158 valence electrons. The minimum absolute atomic E-state index is 0.00769. The highest BCUT2D eigenvalue weighted by molar-refractivity contribution is 7.89. The summed E-state index contributed by atoms with van der Waals surface area (Å²) in [5.74, 6) is 0.840. The zero-order chi connectivity index (χ0) is 21.2. The molecule has 1 atom stereocenters. The van der Waals surface area contributed by atoms with Gasteiger partial charge in [0.25, 0.3) is 0 Å². The lowest BCUT2D eigenvalue weighted by Gasteiger charge is -2.30. The molecule has 2 fully saturated rings. The highest BCUT2D eigenvalue weighted by Crippen LogP contribution is 2.55. The highest BCUT2D eigenvalue weighted by Gasteiger charge is 2.59. The quantitative estimate of drug-likeness (QED) is 0.533. The molecule has 1 N–H and O–H groups in total. The van der Waals surface area contributed by atoms with E-state index in [1.54, 1.807) is 22.8 Å². The number of aromatic amines is 1. The van der Waals surface area contributed by atoms with Gasteiger partial charge < -0.3 is 9.88 Å². The van der Waals surface area contributed by atoms with Crippen molar-refractivity contribution in [3.05, 3.63) is 61.1 Å². The average molecular weight is 434 g/mol. The summed E-state index contributed by atoms with van der Waals surface area (Å²) < 4.78 is 28.8. The van der Waals surface area contributed by atoms with E-state index in [4.69, 9.17) is 0 Å². The van der Waals surface area contributed by atoms with Gasteiger partial charge in [-0.2, -0.15) is 4.31 Å². The Morgan fingerprint density at radius 1 is 1.10 bits per heavy atom. The van der Waals surface area contributed by atoms with Crippen molar-refractivity contribution in [2.75, 3.05) is 25.0 Å². The molecule has 3 heterocycles. The van der Waals surface area contributed by atoms with Crippen LogP contribution >= 0.6 is 0 Å². The zero-order valence-electron chi connectivity index (χ0n) is 17.2. The number of fused-ring (bicyclic) bond motifs is 2. The molecule has 1 saturated heterocycles. The molecule has 1 aliphatic carbocycles. The van der Waals surface area contributed by atoms with E-state index >= 15 is 0 Å². The zero-order valence-corrected chi connectivity index (χ0v) is 18.0. The van der Waals surface area contributed by atoms with Crippen LogP contribution in [0.3, 0.4) is 0 Å². The van der Waals surface area contributed by atoms with E-state index in [1.807, 2.05) is 49.6 Å². The van der Waals surface area contributed by atoms with Gasteiger partial charge in [-0.15, -0.1) is 0 Å². The molecule has 1 saturated carbocycles. The van der Waals surface area contributed by atoms with Gasteiger partial charge in [0, 0.05) is 31.7 Å². The van der Waals surface area contributed by atoms with E-state index in [1.165, 1.54) is 0 Å². The lowest BCUT2D eigenvalue weighted by atomic mass is 9.99. The summed E-state index contributed by atoms with van der Waals surface area (Å²) in [5.41, 5.74) is 0.784. The van der Waals surface area contributed by atoms with Gasteiger partial charge in [-0.3, -0.25) is 0 Å². The van der Waals surface area contributed by atoms with Gasteiger partial charge in [-0.1, -0.05) is 30.3 Å². The summed E-state index contributed by atoms with van der Waals surface area (Å²) in [6.45, 7) is 1.01. The molecule has 31 heavy (non-hydrogen) atoms. The van der Waals surface area contributed by atoms with Crippen molar-refractivity contribution in [2.24, 2.45) is 5.41 Å². The van der Waals surface area contributed by atoms with E-state index in [2.05, 4.69) is 19.9 Å². The molecule has 1 spiro atoms.